The predicted octanol–water partition coefficient (Wildman–Crippen LogP) is 2.24. The first-order valence-corrected chi connectivity index (χ1v) is 8.89. The van der Waals surface area contributed by atoms with Crippen LogP contribution in [0.15, 0.2) is 24.3 Å². The summed E-state index contributed by atoms with van der Waals surface area (Å²) in [5.41, 5.74) is 1.51. The van der Waals surface area contributed by atoms with E-state index in [1.165, 1.54) is 0 Å². The maximum Gasteiger partial charge on any atom is 0.410 e. The number of piperidine rings is 1. The van der Waals surface area contributed by atoms with Crippen LogP contribution >= 0.6 is 0 Å². The van der Waals surface area contributed by atoms with E-state index in [4.69, 9.17) is 4.74 Å². The number of imide groups is 1. The Hall–Kier alpha value is -2.57. The molecular weight excluding hydrogens is 334 g/mol. The molecule has 26 heavy (non-hydrogen) atoms. The molecule has 2 heterocycles. The predicted molar refractivity (Wildman–Crippen MR) is 96.8 cm³/mol. The Kier molecular flexibility index (Phi) is 4.89. The fourth-order valence-electron chi connectivity index (χ4n) is 3.05. The molecule has 2 saturated heterocycles. The second kappa shape index (κ2) is 6.97. The Morgan fingerprint density at radius 1 is 1.19 bits per heavy atom. The van der Waals surface area contributed by atoms with E-state index >= 15 is 0 Å². The molecule has 1 aromatic carbocycles. The Bertz CT molecular complexity index is 702. The molecular formula is C19H25N3O4. The molecule has 0 aromatic heterocycles. The van der Waals surface area contributed by atoms with Crippen molar-refractivity contribution in [3.63, 3.8) is 0 Å². The van der Waals surface area contributed by atoms with E-state index in [0.717, 1.165) is 11.3 Å². The van der Waals surface area contributed by atoms with E-state index in [1.807, 2.05) is 45.0 Å². The summed E-state index contributed by atoms with van der Waals surface area (Å²) in [6.45, 7) is 6.87. The average Bonchev–Trinajstić information content (AvgIpc) is 2.48. The summed E-state index contributed by atoms with van der Waals surface area (Å²) in [6.07, 6.45) is 0.578. The fraction of sp³-hybridized carbons (Fsp3) is 0.526. The average molecular weight is 359 g/mol. The van der Waals surface area contributed by atoms with Crippen LogP contribution in [-0.4, -0.2) is 47.5 Å². The third-order valence-electron chi connectivity index (χ3n) is 4.50. The first kappa shape index (κ1) is 18.2. The van der Waals surface area contributed by atoms with Gasteiger partial charge in [0.1, 0.15) is 11.6 Å². The van der Waals surface area contributed by atoms with Crippen LogP contribution < -0.4 is 10.6 Å². The van der Waals surface area contributed by atoms with Gasteiger partial charge in [0, 0.05) is 31.1 Å². The lowest BCUT2D eigenvalue weighted by molar-refractivity contribution is -0.133. The maximum absolute atomic E-state index is 12.0. The normalized spacial score (nSPS) is 21.0. The van der Waals surface area contributed by atoms with Crippen LogP contribution in [0, 0.1) is 0 Å². The number of carbonyl (C=O) groups is 3. The molecule has 7 nitrogen and oxygen atoms in total. The van der Waals surface area contributed by atoms with Crippen LogP contribution in [0.5, 0.6) is 0 Å². The minimum absolute atomic E-state index is 0.220. The van der Waals surface area contributed by atoms with Crippen molar-refractivity contribution in [2.75, 3.05) is 18.4 Å². The van der Waals surface area contributed by atoms with E-state index in [1.54, 1.807) is 4.90 Å². The maximum atomic E-state index is 12.0. The Morgan fingerprint density at radius 2 is 1.85 bits per heavy atom. The van der Waals surface area contributed by atoms with Gasteiger partial charge in [0.25, 0.3) is 0 Å². The van der Waals surface area contributed by atoms with Crippen LogP contribution in [0.3, 0.4) is 0 Å². The number of benzene rings is 1. The summed E-state index contributed by atoms with van der Waals surface area (Å²) >= 11 is 0. The number of ether oxygens (including phenoxy) is 1. The first-order chi connectivity index (χ1) is 12.2. The summed E-state index contributed by atoms with van der Waals surface area (Å²) in [6, 6.07) is 7.48. The van der Waals surface area contributed by atoms with Crippen LogP contribution in [0.25, 0.3) is 0 Å². The van der Waals surface area contributed by atoms with Gasteiger partial charge in [0.15, 0.2) is 0 Å². The number of nitrogens with one attached hydrogen (secondary N) is 2. The molecule has 2 aliphatic rings. The number of likely N-dealkylation sites (tertiary alicyclic amines) is 1. The molecule has 2 fully saturated rings. The summed E-state index contributed by atoms with van der Waals surface area (Å²) in [4.78, 5) is 36.7. The number of hydrogen-bond donors (Lipinski definition) is 2. The quantitative estimate of drug-likeness (QED) is 0.808. The van der Waals surface area contributed by atoms with Crippen molar-refractivity contribution in [3.05, 3.63) is 29.8 Å². The molecule has 0 radical (unpaired) electrons. The zero-order chi connectivity index (χ0) is 18.9. The van der Waals surface area contributed by atoms with Crippen molar-refractivity contribution in [1.29, 1.82) is 0 Å². The number of nitrogens with zero attached hydrogens (tertiary/aromatic N) is 1. The Balaban J connectivity index is 1.51. The summed E-state index contributed by atoms with van der Waals surface area (Å²) < 4.78 is 5.36. The lowest BCUT2D eigenvalue weighted by Crippen LogP contribution is -2.50. The van der Waals surface area contributed by atoms with E-state index < -0.39 is 5.60 Å². The molecule has 0 unspecified atom stereocenters. The third-order valence-corrected chi connectivity index (χ3v) is 4.50. The molecule has 1 aromatic rings. The molecule has 7 heteroatoms. The van der Waals surface area contributed by atoms with Gasteiger partial charge in [-0.1, -0.05) is 12.1 Å². The van der Waals surface area contributed by atoms with E-state index in [9.17, 15) is 14.4 Å². The van der Waals surface area contributed by atoms with E-state index in [-0.39, 0.29) is 23.9 Å². The van der Waals surface area contributed by atoms with Gasteiger partial charge in [0.2, 0.25) is 11.8 Å². The van der Waals surface area contributed by atoms with Crippen LogP contribution in [0.1, 0.15) is 45.1 Å². The van der Waals surface area contributed by atoms with Crippen molar-refractivity contribution >= 4 is 23.6 Å². The van der Waals surface area contributed by atoms with Gasteiger partial charge in [0.05, 0.1) is 0 Å². The fourth-order valence-corrected chi connectivity index (χ4v) is 3.05. The van der Waals surface area contributed by atoms with Gasteiger partial charge < -0.3 is 15.0 Å². The molecule has 0 spiro atoms. The van der Waals surface area contributed by atoms with Crippen molar-refractivity contribution in [2.24, 2.45) is 0 Å². The number of amides is 3. The second-order valence-corrected chi connectivity index (χ2v) is 7.85. The van der Waals surface area contributed by atoms with Gasteiger partial charge in [-0.25, -0.2) is 4.79 Å². The molecule has 0 bridgehead atoms. The SMILES string of the molecule is CC(C)(C)OC(=O)N1CC(c2ccc(N[C@H]3CCC(=O)NC3=O)cc2)C1. The van der Waals surface area contributed by atoms with Crippen LogP contribution in [0.4, 0.5) is 10.5 Å². The Labute approximate surface area is 153 Å². The summed E-state index contributed by atoms with van der Waals surface area (Å²) in [5.74, 6) is -0.201. The third kappa shape index (κ3) is 4.33. The van der Waals surface area contributed by atoms with Crippen LogP contribution in [0.2, 0.25) is 0 Å². The van der Waals surface area contributed by atoms with E-state index in [2.05, 4.69) is 10.6 Å². The number of rotatable bonds is 3. The monoisotopic (exact) mass is 359 g/mol. The minimum atomic E-state index is -0.481. The largest absolute Gasteiger partial charge is 0.444 e. The number of hydrogen-bond acceptors (Lipinski definition) is 5. The van der Waals surface area contributed by atoms with Crippen LogP contribution in [-0.2, 0) is 14.3 Å². The van der Waals surface area contributed by atoms with Gasteiger partial charge in [-0.3, -0.25) is 14.9 Å². The zero-order valence-electron chi connectivity index (χ0n) is 15.4. The van der Waals surface area contributed by atoms with Gasteiger partial charge in [-0.2, -0.15) is 0 Å². The molecule has 2 N–H and O–H groups in total. The molecule has 140 valence electrons. The zero-order valence-corrected chi connectivity index (χ0v) is 15.4. The summed E-state index contributed by atoms with van der Waals surface area (Å²) in [5, 5.41) is 5.50. The Morgan fingerprint density at radius 3 is 2.42 bits per heavy atom. The van der Waals surface area contributed by atoms with Crippen molar-refractivity contribution < 1.29 is 19.1 Å². The summed E-state index contributed by atoms with van der Waals surface area (Å²) in [7, 11) is 0. The van der Waals surface area contributed by atoms with Gasteiger partial charge >= 0.3 is 6.09 Å². The van der Waals surface area contributed by atoms with Crippen molar-refractivity contribution in [2.45, 2.75) is 51.2 Å². The van der Waals surface area contributed by atoms with Gasteiger partial charge in [-0.05, 0) is 44.9 Å². The molecule has 0 aliphatic carbocycles. The molecule has 1 atom stereocenters. The lowest BCUT2D eigenvalue weighted by atomic mass is 9.91. The van der Waals surface area contributed by atoms with Crippen molar-refractivity contribution in [1.82, 2.24) is 10.2 Å². The second-order valence-electron chi connectivity index (χ2n) is 7.85. The van der Waals surface area contributed by atoms with E-state index in [0.29, 0.717) is 31.8 Å². The number of anilines is 1. The molecule has 0 saturated carbocycles. The molecule has 3 rings (SSSR count). The highest BCUT2D eigenvalue weighted by Crippen LogP contribution is 2.29. The first-order valence-electron chi connectivity index (χ1n) is 8.89. The topological polar surface area (TPSA) is 87.7 Å². The van der Waals surface area contributed by atoms with Crippen molar-refractivity contribution in [3.8, 4) is 0 Å². The number of carbonyl (C=O) groups excluding carboxylic acids is 3. The molecule has 3 amide bonds. The standard InChI is InChI=1S/C19H25N3O4/c1-19(2,3)26-18(25)22-10-13(11-22)12-4-6-14(7-5-12)20-15-8-9-16(23)21-17(15)24/h4-7,13,15,20H,8-11H2,1-3H3,(H,21,23,24)/t15-/m0/s1. The highest BCUT2D eigenvalue weighted by Gasteiger charge is 2.34. The van der Waals surface area contributed by atoms with Gasteiger partial charge in [-0.15, -0.1) is 0 Å². The lowest BCUT2D eigenvalue weighted by Gasteiger charge is -2.40. The minimum Gasteiger partial charge on any atom is -0.444 e. The highest BCUT2D eigenvalue weighted by atomic mass is 16.6. The smallest absolute Gasteiger partial charge is 0.410 e. The molecule has 2 aliphatic heterocycles. The highest BCUT2D eigenvalue weighted by molar-refractivity contribution is 6.01.